The number of rotatable bonds is 5. The molecule has 1 aromatic heterocycles. The third-order valence-electron chi connectivity index (χ3n) is 6.94. The van der Waals surface area contributed by atoms with Crippen molar-refractivity contribution in [3.05, 3.63) is 71.7 Å². The van der Waals surface area contributed by atoms with Crippen LogP contribution in [0.3, 0.4) is 0 Å². The lowest BCUT2D eigenvalue weighted by molar-refractivity contribution is -0.121. The molecule has 6 rings (SSSR count). The number of aromatic nitrogens is 1. The first-order chi connectivity index (χ1) is 18.0. The maximum Gasteiger partial charge on any atom is 0.327 e. The Morgan fingerprint density at radius 3 is 2.81 bits per heavy atom. The maximum atomic E-state index is 15.4. The summed E-state index contributed by atoms with van der Waals surface area (Å²) >= 11 is 1.35. The van der Waals surface area contributed by atoms with Gasteiger partial charge in [-0.15, -0.1) is 0 Å². The summed E-state index contributed by atoms with van der Waals surface area (Å²) in [5.41, 5.74) is 2.05. The molecule has 10 heteroatoms. The number of halogens is 1. The third-order valence-corrected chi connectivity index (χ3v) is 8.23. The second-order valence-corrected chi connectivity index (χ2v) is 10.5. The van der Waals surface area contributed by atoms with Crippen molar-refractivity contribution in [1.82, 2.24) is 20.9 Å². The van der Waals surface area contributed by atoms with Crippen LogP contribution in [-0.2, 0) is 4.79 Å². The molecule has 0 saturated carbocycles. The lowest BCUT2D eigenvalue weighted by atomic mass is 9.98. The molecule has 37 heavy (non-hydrogen) atoms. The van der Waals surface area contributed by atoms with Crippen LogP contribution in [0.25, 0.3) is 0 Å². The largest absolute Gasteiger partial charge is 0.454 e. The number of urea groups is 1. The number of carbonyl (C=O) groups excluding carboxylic acids is 2. The van der Waals surface area contributed by atoms with Gasteiger partial charge in [0.15, 0.2) is 11.6 Å². The van der Waals surface area contributed by atoms with E-state index in [9.17, 15) is 9.59 Å². The van der Waals surface area contributed by atoms with Crippen LogP contribution in [-0.4, -0.2) is 41.3 Å². The number of hydrogen-bond donors (Lipinski definition) is 3. The highest BCUT2D eigenvalue weighted by Gasteiger charge is 2.47. The van der Waals surface area contributed by atoms with E-state index in [0.717, 1.165) is 31.5 Å². The Morgan fingerprint density at radius 2 is 2.03 bits per heavy atom. The molecule has 3 atom stereocenters. The maximum absolute atomic E-state index is 15.4. The van der Waals surface area contributed by atoms with Crippen molar-refractivity contribution in [2.45, 2.75) is 42.1 Å². The molecular formula is C27H26FN5O3S. The number of carbonyl (C=O) groups is 2. The summed E-state index contributed by atoms with van der Waals surface area (Å²) in [6.07, 6.45) is 3.55. The Hall–Kier alpha value is -3.63. The Bertz CT molecular complexity index is 1370. The molecule has 4 heterocycles. The third kappa shape index (κ3) is 4.30. The van der Waals surface area contributed by atoms with Crippen LogP contribution >= 0.6 is 11.8 Å². The summed E-state index contributed by atoms with van der Waals surface area (Å²) in [5, 5.41) is 9.58. The Balaban J connectivity index is 1.30. The van der Waals surface area contributed by atoms with Gasteiger partial charge in [-0.3, -0.25) is 9.69 Å². The minimum Gasteiger partial charge on any atom is -0.454 e. The van der Waals surface area contributed by atoms with Crippen LogP contribution in [0.4, 0.5) is 20.6 Å². The number of nitrogens with zero attached hydrogens (tertiary/aromatic N) is 2. The van der Waals surface area contributed by atoms with Crippen LogP contribution in [0.5, 0.6) is 11.5 Å². The lowest BCUT2D eigenvalue weighted by Crippen LogP contribution is -2.52. The first-order valence-corrected chi connectivity index (χ1v) is 13.2. The van der Waals surface area contributed by atoms with Gasteiger partial charge in [-0.1, -0.05) is 30.0 Å². The highest BCUT2D eigenvalue weighted by atomic mass is 32.2. The number of thioether (sulfide) groups is 1. The molecule has 8 nitrogen and oxygen atoms in total. The van der Waals surface area contributed by atoms with Gasteiger partial charge in [0.1, 0.15) is 16.0 Å². The fourth-order valence-corrected chi connectivity index (χ4v) is 6.35. The summed E-state index contributed by atoms with van der Waals surface area (Å²) in [4.78, 5) is 32.6. The van der Waals surface area contributed by atoms with Crippen LogP contribution < -0.4 is 25.6 Å². The SMILES string of the molecule is Cc1c(N2C(=O)NC3c4c2ccnc4S[C@H]3C(=O)NC2CCCNC2)ccc(Oc2ccccc2)c1F. The number of ether oxygens (including phenoxy) is 1. The van der Waals surface area contributed by atoms with Crippen molar-refractivity contribution in [3.8, 4) is 11.5 Å². The molecule has 0 bridgehead atoms. The molecule has 0 aliphatic carbocycles. The molecule has 3 aromatic rings. The predicted molar refractivity (Wildman–Crippen MR) is 139 cm³/mol. The van der Waals surface area contributed by atoms with Crippen molar-refractivity contribution in [2.24, 2.45) is 0 Å². The van der Waals surface area contributed by atoms with E-state index >= 15 is 4.39 Å². The number of para-hydroxylation sites is 1. The number of anilines is 2. The smallest absolute Gasteiger partial charge is 0.327 e. The number of nitrogens with one attached hydrogen (secondary N) is 3. The van der Waals surface area contributed by atoms with Gasteiger partial charge >= 0.3 is 6.03 Å². The van der Waals surface area contributed by atoms with Crippen molar-refractivity contribution in [1.29, 1.82) is 0 Å². The Morgan fingerprint density at radius 1 is 1.19 bits per heavy atom. The quantitative estimate of drug-likeness (QED) is 0.457. The summed E-state index contributed by atoms with van der Waals surface area (Å²) < 4.78 is 21.1. The zero-order valence-corrected chi connectivity index (χ0v) is 21.0. The second-order valence-electron chi connectivity index (χ2n) is 9.34. The average Bonchev–Trinajstić information content (AvgIpc) is 3.28. The number of pyridine rings is 1. The fraction of sp³-hybridized carbons (Fsp3) is 0.296. The molecule has 0 radical (unpaired) electrons. The number of amides is 3. The van der Waals surface area contributed by atoms with E-state index in [-0.39, 0.29) is 23.3 Å². The zero-order chi connectivity index (χ0) is 25.5. The van der Waals surface area contributed by atoms with Crippen molar-refractivity contribution >= 4 is 35.1 Å². The van der Waals surface area contributed by atoms with Gasteiger partial charge in [0.05, 0.1) is 17.4 Å². The highest BCUT2D eigenvalue weighted by Crippen LogP contribution is 2.51. The molecule has 3 amide bonds. The van der Waals surface area contributed by atoms with E-state index in [1.54, 1.807) is 37.4 Å². The monoisotopic (exact) mass is 519 g/mol. The van der Waals surface area contributed by atoms with E-state index in [1.165, 1.54) is 22.7 Å². The van der Waals surface area contributed by atoms with Gasteiger partial charge in [-0.25, -0.2) is 14.2 Å². The number of hydrogen-bond acceptors (Lipinski definition) is 6. The first-order valence-electron chi connectivity index (χ1n) is 12.3. The molecule has 3 aliphatic rings. The van der Waals surface area contributed by atoms with Crippen LogP contribution in [0.1, 0.15) is 30.0 Å². The van der Waals surface area contributed by atoms with E-state index < -0.39 is 23.1 Å². The molecule has 190 valence electrons. The van der Waals surface area contributed by atoms with Gasteiger partial charge in [-0.2, -0.15) is 0 Å². The topological polar surface area (TPSA) is 95.6 Å². The van der Waals surface area contributed by atoms with E-state index in [1.807, 2.05) is 18.2 Å². The van der Waals surface area contributed by atoms with E-state index in [2.05, 4.69) is 20.9 Å². The van der Waals surface area contributed by atoms with E-state index in [4.69, 9.17) is 4.74 Å². The van der Waals surface area contributed by atoms with Gasteiger partial charge < -0.3 is 20.7 Å². The molecule has 2 unspecified atom stereocenters. The second kappa shape index (κ2) is 9.68. The summed E-state index contributed by atoms with van der Waals surface area (Å²) in [6.45, 7) is 3.31. The van der Waals surface area contributed by atoms with Crippen molar-refractivity contribution < 1.29 is 18.7 Å². The van der Waals surface area contributed by atoms with E-state index in [0.29, 0.717) is 22.2 Å². The number of benzene rings is 2. The normalized spacial score (nSPS) is 22.3. The molecule has 1 fully saturated rings. The summed E-state index contributed by atoms with van der Waals surface area (Å²) in [6, 6.07) is 13.0. The molecule has 3 N–H and O–H groups in total. The average molecular weight is 520 g/mol. The Kier molecular flexibility index (Phi) is 6.21. The molecule has 1 saturated heterocycles. The minimum atomic E-state index is -0.547. The van der Waals surface area contributed by atoms with Gasteiger partial charge in [-0.05, 0) is 56.6 Å². The van der Waals surface area contributed by atoms with Crippen LogP contribution in [0, 0.1) is 12.7 Å². The van der Waals surface area contributed by atoms with Crippen molar-refractivity contribution in [3.63, 3.8) is 0 Å². The van der Waals surface area contributed by atoms with Crippen LogP contribution in [0.15, 0.2) is 59.8 Å². The van der Waals surface area contributed by atoms with Crippen LogP contribution in [0.2, 0.25) is 0 Å². The van der Waals surface area contributed by atoms with Gasteiger partial charge in [0.25, 0.3) is 0 Å². The van der Waals surface area contributed by atoms with Gasteiger partial charge in [0.2, 0.25) is 5.91 Å². The fourth-order valence-electron chi connectivity index (χ4n) is 5.11. The van der Waals surface area contributed by atoms with Gasteiger partial charge in [0, 0.05) is 29.9 Å². The molecule has 2 aromatic carbocycles. The molecule has 0 spiro atoms. The Labute approximate surface area is 218 Å². The predicted octanol–water partition coefficient (Wildman–Crippen LogP) is 4.57. The zero-order valence-electron chi connectivity index (χ0n) is 20.2. The minimum absolute atomic E-state index is 0.0658. The lowest BCUT2D eigenvalue weighted by Gasteiger charge is -2.35. The standard InChI is InChI=1S/C27H26FN5O3S/c1-15-18(9-10-20(22(15)28)36-17-7-3-2-4-8-17)33-19-11-13-30-26-21(19)23(32-27(33)35)24(37-26)25(34)31-16-6-5-12-29-14-16/h2-4,7-11,13,16,23-24,29H,5-6,12,14H2,1H3,(H,31,34)(H,32,35)/t16?,23?,24-/m1/s1. The highest BCUT2D eigenvalue weighted by molar-refractivity contribution is 8.01. The summed E-state index contributed by atoms with van der Waals surface area (Å²) in [5.74, 6) is -0.0719. The first kappa shape index (κ1) is 23.7. The van der Waals surface area contributed by atoms with Crippen molar-refractivity contribution in [2.75, 3.05) is 18.0 Å². The molecule has 3 aliphatic heterocycles. The number of piperidine rings is 1. The molecular weight excluding hydrogens is 493 g/mol. The summed E-state index contributed by atoms with van der Waals surface area (Å²) in [7, 11) is 0.